The molecule has 0 aliphatic carbocycles. The fourth-order valence-electron chi connectivity index (χ4n) is 0. The second kappa shape index (κ2) is 2.03. The number of carbonyl (C=O) groups is 1. The Hall–Kier alpha value is -0.240. The van der Waals surface area contributed by atoms with E-state index in [1.165, 1.54) is 7.11 Å². The number of rotatable bonds is 0. The first-order valence-electron chi connectivity index (χ1n) is 1.01. The Bertz CT molecular complexity index is 42.9. The highest BCUT2D eigenvalue weighted by atomic mass is 35.5. The van der Waals surface area contributed by atoms with Gasteiger partial charge in [0.25, 0.3) is 0 Å². The molecule has 0 aromatic carbocycles. The average molecular weight is 95.5 g/mol. The predicted molar refractivity (Wildman–Crippen MR) is 18.3 cm³/mol. The molecular formula is C2H3ClO2. The van der Waals surface area contributed by atoms with Gasteiger partial charge in [-0.15, -0.1) is 0 Å². The topological polar surface area (TPSA) is 26.3 Å². The van der Waals surface area contributed by atoms with Crippen molar-refractivity contribution in [3.63, 3.8) is 0 Å². The van der Waals surface area contributed by atoms with Gasteiger partial charge in [0.1, 0.15) is 0 Å². The van der Waals surface area contributed by atoms with Gasteiger partial charge in [-0.3, -0.25) is 0 Å². The standard InChI is InChI=1S/C2H3ClO2/c1-5-2(3)4/h1H3/i2+1. The first kappa shape index (κ1) is 4.76. The molecule has 0 aromatic rings. The zero-order valence-electron chi connectivity index (χ0n) is 2.69. The van der Waals surface area contributed by atoms with Crippen molar-refractivity contribution in [1.82, 2.24) is 0 Å². The van der Waals surface area contributed by atoms with Crippen molar-refractivity contribution < 1.29 is 9.53 Å². The van der Waals surface area contributed by atoms with Crippen LogP contribution in [0, 0.1) is 0 Å². The Morgan fingerprint density at radius 3 is 2.20 bits per heavy atom. The van der Waals surface area contributed by atoms with E-state index in [-0.39, 0.29) is 0 Å². The van der Waals surface area contributed by atoms with Crippen molar-refractivity contribution in [2.75, 3.05) is 7.11 Å². The third kappa shape index (κ3) is 3.76. The van der Waals surface area contributed by atoms with E-state index >= 15 is 0 Å². The molecule has 0 N–H and O–H groups in total. The average Bonchev–Trinajstić information content (AvgIpc) is 1.38. The molecule has 3 heteroatoms. The molecule has 0 aliphatic heterocycles. The largest absolute Gasteiger partial charge is 0.457 e. The van der Waals surface area contributed by atoms with Crippen LogP contribution >= 0.6 is 11.6 Å². The first-order valence-corrected chi connectivity index (χ1v) is 1.38. The number of carbonyl (C=O) groups excluding carboxylic acids is 1. The highest BCUT2D eigenvalue weighted by molar-refractivity contribution is 6.61. The van der Waals surface area contributed by atoms with Gasteiger partial charge in [0.2, 0.25) is 0 Å². The molecule has 30 valence electrons. The van der Waals surface area contributed by atoms with E-state index in [1.54, 1.807) is 0 Å². The Balaban J connectivity index is 2.85. The highest BCUT2D eigenvalue weighted by Crippen LogP contribution is 1.78. The van der Waals surface area contributed by atoms with E-state index in [2.05, 4.69) is 16.3 Å². The molecular weight excluding hydrogens is 92.5 g/mol. The molecule has 0 rings (SSSR count). The van der Waals surface area contributed by atoms with Crippen molar-refractivity contribution in [3.8, 4) is 0 Å². The molecule has 0 amide bonds. The molecule has 5 heavy (non-hydrogen) atoms. The lowest BCUT2D eigenvalue weighted by atomic mass is 11.7. The fourth-order valence-corrected chi connectivity index (χ4v) is 0. The van der Waals surface area contributed by atoms with Gasteiger partial charge in [0.05, 0.1) is 7.11 Å². The van der Waals surface area contributed by atoms with Gasteiger partial charge < -0.3 is 4.74 Å². The van der Waals surface area contributed by atoms with E-state index in [0.717, 1.165) is 0 Å². The maximum absolute atomic E-state index is 9.36. The minimum atomic E-state index is -0.773. The SMILES string of the molecule is CO[13C](=O)Cl. The van der Waals surface area contributed by atoms with Crippen LogP contribution in [0.15, 0.2) is 0 Å². The van der Waals surface area contributed by atoms with Crippen LogP contribution in [0.4, 0.5) is 4.79 Å². The summed E-state index contributed by atoms with van der Waals surface area (Å²) >= 11 is 4.60. The van der Waals surface area contributed by atoms with Crippen LogP contribution in [-0.4, -0.2) is 12.5 Å². The lowest BCUT2D eigenvalue weighted by Gasteiger charge is -1.77. The molecule has 0 saturated heterocycles. The summed E-state index contributed by atoms with van der Waals surface area (Å²) in [4.78, 5) is 9.36. The van der Waals surface area contributed by atoms with Crippen LogP contribution in [-0.2, 0) is 4.74 Å². The predicted octanol–water partition coefficient (Wildman–Crippen LogP) is 0.992. The van der Waals surface area contributed by atoms with Crippen molar-refractivity contribution in [3.05, 3.63) is 0 Å². The molecule has 0 unspecified atom stereocenters. The third-order valence-corrected chi connectivity index (χ3v) is 0.315. The number of hydrogen-bond acceptors (Lipinski definition) is 2. The van der Waals surface area contributed by atoms with Crippen LogP contribution in [0.1, 0.15) is 0 Å². The normalized spacial score (nSPS) is 6.80. The Labute approximate surface area is 34.7 Å². The number of ether oxygens (including phenoxy) is 1. The Morgan fingerprint density at radius 2 is 2.20 bits per heavy atom. The lowest BCUT2D eigenvalue weighted by Crippen LogP contribution is -1.80. The summed E-state index contributed by atoms with van der Waals surface area (Å²) in [7, 11) is 1.22. The minimum absolute atomic E-state index is 0.773. The van der Waals surface area contributed by atoms with Crippen LogP contribution in [0.3, 0.4) is 0 Å². The summed E-state index contributed by atoms with van der Waals surface area (Å²) in [5.74, 6) is 0. The summed E-state index contributed by atoms with van der Waals surface area (Å²) in [6, 6.07) is 0. The Kier molecular flexibility index (Phi) is 1.93. The van der Waals surface area contributed by atoms with E-state index in [1.807, 2.05) is 0 Å². The molecule has 2 nitrogen and oxygen atoms in total. The van der Waals surface area contributed by atoms with Crippen LogP contribution in [0.2, 0.25) is 0 Å². The molecule has 0 radical (unpaired) electrons. The van der Waals surface area contributed by atoms with E-state index in [0.29, 0.717) is 0 Å². The molecule has 0 atom stereocenters. The van der Waals surface area contributed by atoms with Crippen LogP contribution in [0.5, 0.6) is 0 Å². The molecule has 0 saturated carbocycles. The van der Waals surface area contributed by atoms with E-state index in [4.69, 9.17) is 0 Å². The number of halogens is 1. The van der Waals surface area contributed by atoms with Gasteiger partial charge in [-0.1, -0.05) is 0 Å². The van der Waals surface area contributed by atoms with Gasteiger partial charge in [-0.2, -0.15) is 0 Å². The molecule has 0 heterocycles. The quantitative estimate of drug-likeness (QED) is 0.331. The molecule has 0 bridgehead atoms. The van der Waals surface area contributed by atoms with Crippen LogP contribution in [0.25, 0.3) is 0 Å². The van der Waals surface area contributed by atoms with Gasteiger partial charge >= 0.3 is 5.43 Å². The summed E-state index contributed by atoms with van der Waals surface area (Å²) < 4.78 is 3.88. The van der Waals surface area contributed by atoms with Crippen molar-refractivity contribution in [2.24, 2.45) is 0 Å². The van der Waals surface area contributed by atoms with Gasteiger partial charge in [0, 0.05) is 11.6 Å². The summed E-state index contributed by atoms with van der Waals surface area (Å²) in [6.07, 6.45) is 0. The Morgan fingerprint density at radius 1 is 2.00 bits per heavy atom. The lowest BCUT2D eigenvalue weighted by molar-refractivity contribution is 0.198. The van der Waals surface area contributed by atoms with E-state index < -0.39 is 5.43 Å². The number of methoxy groups -OCH3 is 1. The summed E-state index contributed by atoms with van der Waals surface area (Å²) in [5.41, 5.74) is -0.773. The van der Waals surface area contributed by atoms with Crippen molar-refractivity contribution in [1.29, 1.82) is 0 Å². The second-order valence-corrected chi connectivity index (χ2v) is 0.750. The maximum Gasteiger partial charge on any atom is 0.403 e. The zero-order valence-corrected chi connectivity index (χ0v) is 3.45. The molecule has 0 fully saturated rings. The first-order chi connectivity index (χ1) is 2.27. The molecule has 0 aliphatic rings. The van der Waals surface area contributed by atoms with Gasteiger partial charge in [-0.25, -0.2) is 4.79 Å². The van der Waals surface area contributed by atoms with Crippen molar-refractivity contribution >= 4 is 17.0 Å². The van der Waals surface area contributed by atoms with Crippen LogP contribution < -0.4 is 0 Å². The molecule has 0 aromatic heterocycles. The third-order valence-electron chi connectivity index (χ3n) is 0.160. The van der Waals surface area contributed by atoms with Crippen molar-refractivity contribution in [2.45, 2.75) is 0 Å². The number of hydrogen-bond donors (Lipinski definition) is 0. The fraction of sp³-hybridized carbons (Fsp3) is 0.500. The zero-order chi connectivity index (χ0) is 4.28. The monoisotopic (exact) mass is 95.0 g/mol. The summed E-state index contributed by atoms with van der Waals surface area (Å²) in [5, 5.41) is 0. The summed E-state index contributed by atoms with van der Waals surface area (Å²) in [6.45, 7) is 0. The minimum Gasteiger partial charge on any atom is -0.457 e. The maximum atomic E-state index is 9.36. The van der Waals surface area contributed by atoms with E-state index in [9.17, 15) is 4.79 Å². The van der Waals surface area contributed by atoms with Gasteiger partial charge in [0.15, 0.2) is 0 Å². The van der Waals surface area contributed by atoms with Gasteiger partial charge in [-0.05, 0) is 0 Å². The second-order valence-electron chi connectivity index (χ2n) is 0.442. The highest BCUT2D eigenvalue weighted by Gasteiger charge is 1.80. The smallest absolute Gasteiger partial charge is 0.403 e. The molecule has 0 spiro atoms.